The van der Waals surface area contributed by atoms with E-state index in [1.807, 2.05) is 24.4 Å². The summed E-state index contributed by atoms with van der Waals surface area (Å²) in [5.41, 5.74) is 1.21. The summed E-state index contributed by atoms with van der Waals surface area (Å²) in [4.78, 5) is 4.27. The summed E-state index contributed by atoms with van der Waals surface area (Å²) in [7, 11) is 0. The topological polar surface area (TPSA) is 27.1 Å². The summed E-state index contributed by atoms with van der Waals surface area (Å²) in [6.45, 7) is 5.54. The molecule has 2 rings (SSSR count). The Kier molecular flexibility index (Phi) is 3.84. The highest BCUT2D eigenvalue weighted by Gasteiger charge is 2.05. The van der Waals surface area contributed by atoms with Gasteiger partial charge in [0.25, 0.3) is 0 Å². The van der Waals surface area contributed by atoms with E-state index in [-0.39, 0.29) is 0 Å². The predicted octanol–water partition coefficient (Wildman–Crippen LogP) is 3.55. The van der Waals surface area contributed by atoms with Crippen molar-refractivity contribution in [2.45, 2.75) is 27.0 Å². The monoisotopic (exact) mass is 294 g/mol. The van der Waals surface area contributed by atoms with Crippen LogP contribution >= 0.6 is 15.9 Å². The number of nitrogens with zero attached hydrogens (tertiary/aromatic N) is 2. The fourth-order valence-corrected chi connectivity index (χ4v) is 2.24. The molecule has 0 aliphatic rings. The average Bonchev–Trinajstić information content (AvgIpc) is 2.75. The van der Waals surface area contributed by atoms with Crippen LogP contribution in [0.25, 0.3) is 0 Å². The van der Waals surface area contributed by atoms with Gasteiger partial charge in [0, 0.05) is 18.9 Å². The maximum Gasteiger partial charge on any atom is 0.146 e. The van der Waals surface area contributed by atoms with E-state index in [0.717, 1.165) is 22.6 Å². The van der Waals surface area contributed by atoms with E-state index in [4.69, 9.17) is 4.74 Å². The van der Waals surface area contributed by atoms with Crippen LogP contribution in [-0.2, 0) is 13.2 Å². The van der Waals surface area contributed by atoms with Crippen molar-refractivity contribution in [3.05, 3.63) is 46.5 Å². The number of imidazole rings is 1. The normalized spacial score (nSPS) is 10.5. The Morgan fingerprint density at radius 3 is 2.94 bits per heavy atom. The Morgan fingerprint density at radius 2 is 2.24 bits per heavy atom. The van der Waals surface area contributed by atoms with Crippen LogP contribution in [0.3, 0.4) is 0 Å². The smallest absolute Gasteiger partial charge is 0.146 e. The standard InChI is InChI=1S/C13H15BrN2O/c1-3-16-7-6-15-13(16)9-17-12-5-4-10(2)8-11(12)14/h4-8H,3,9H2,1-2H3. The molecule has 1 aromatic heterocycles. The van der Waals surface area contributed by atoms with E-state index >= 15 is 0 Å². The van der Waals surface area contributed by atoms with Crippen LogP contribution in [0.1, 0.15) is 18.3 Å². The molecule has 3 nitrogen and oxygen atoms in total. The third-order valence-corrected chi connectivity index (χ3v) is 3.21. The van der Waals surface area contributed by atoms with E-state index in [2.05, 4.69) is 39.3 Å². The van der Waals surface area contributed by atoms with Crippen LogP contribution in [0, 0.1) is 6.92 Å². The summed E-state index contributed by atoms with van der Waals surface area (Å²) in [6, 6.07) is 6.05. The number of hydrogen-bond donors (Lipinski definition) is 0. The lowest BCUT2D eigenvalue weighted by atomic mass is 10.2. The fraction of sp³-hybridized carbons (Fsp3) is 0.308. The van der Waals surface area contributed by atoms with E-state index in [1.54, 1.807) is 6.20 Å². The Bertz CT molecular complexity index is 508. The van der Waals surface area contributed by atoms with Crippen molar-refractivity contribution in [2.75, 3.05) is 0 Å². The molecule has 17 heavy (non-hydrogen) atoms. The van der Waals surface area contributed by atoms with Crippen molar-refractivity contribution in [3.63, 3.8) is 0 Å². The van der Waals surface area contributed by atoms with Gasteiger partial charge in [-0.3, -0.25) is 0 Å². The number of aromatic nitrogens is 2. The van der Waals surface area contributed by atoms with E-state index in [9.17, 15) is 0 Å². The molecule has 0 unspecified atom stereocenters. The van der Waals surface area contributed by atoms with Gasteiger partial charge in [-0.1, -0.05) is 6.07 Å². The minimum Gasteiger partial charge on any atom is -0.485 e. The minimum atomic E-state index is 0.489. The molecule has 2 aromatic rings. The lowest BCUT2D eigenvalue weighted by Crippen LogP contribution is -2.05. The molecule has 0 aliphatic heterocycles. The number of rotatable bonds is 4. The number of hydrogen-bond acceptors (Lipinski definition) is 2. The third kappa shape index (κ3) is 2.88. The van der Waals surface area contributed by atoms with Crippen LogP contribution < -0.4 is 4.74 Å². The van der Waals surface area contributed by atoms with Crippen molar-refractivity contribution < 1.29 is 4.74 Å². The number of benzene rings is 1. The summed E-state index contributed by atoms with van der Waals surface area (Å²) in [5, 5.41) is 0. The third-order valence-electron chi connectivity index (χ3n) is 2.59. The average molecular weight is 295 g/mol. The molecular weight excluding hydrogens is 280 g/mol. The van der Waals surface area contributed by atoms with E-state index in [1.165, 1.54) is 5.56 Å². The van der Waals surface area contributed by atoms with Gasteiger partial charge in [-0.05, 0) is 47.5 Å². The SMILES string of the molecule is CCn1ccnc1COc1ccc(C)cc1Br. The molecule has 0 atom stereocenters. The fourth-order valence-electron chi connectivity index (χ4n) is 1.63. The summed E-state index contributed by atoms with van der Waals surface area (Å²) in [6.07, 6.45) is 3.76. The molecule has 0 saturated carbocycles. The quantitative estimate of drug-likeness (QED) is 0.862. The van der Waals surface area contributed by atoms with Gasteiger partial charge in [0.05, 0.1) is 4.47 Å². The highest BCUT2D eigenvalue weighted by Crippen LogP contribution is 2.26. The van der Waals surface area contributed by atoms with Crippen LogP contribution in [0.4, 0.5) is 0 Å². The first-order valence-electron chi connectivity index (χ1n) is 5.59. The molecule has 0 saturated heterocycles. The number of aryl methyl sites for hydroxylation is 2. The highest BCUT2D eigenvalue weighted by molar-refractivity contribution is 9.10. The van der Waals surface area contributed by atoms with Gasteiger partial charge in [-0.15, -0.1) is 0 Å². The van der Waals surface area contributed by atoms with Gasteiger partial charge < -0.3 is 9.30 Å². The van der Waals surface area contributed by atoms with Crippen molar-refractivity contribution >= 4 is 15.9 Å². The first-order chi connectivity index (χ1) is 8.20. The first-order valence-corrected chi connectivity index (χ1v) is 6.39. The van der Waals surface area contributed by atoms with Gasteiger partial charge in [-0.2, -0.15) is 0 Å². The van der Waals surface area contributed by atoms with Crippen LogP contribution in [0.5, 0.6) is 5.75 Å². The van der Waals surface area contributed by atoms with Gasteiger partial charge in [0.15, 0.2) is 0 Å². The molecule has 0 bridgehead atoms. The van der Waals surface area contributed by atoms with Crippen LogP contribution in [0.2, 0.25) is 0 Å². The van der Waals surface area contributed by atoms with Crippen LogP contribution in [0.15, 0.2) is 35.1 Å². The van der Waals surface area contributed by atoms with Crippen molar-refractivity contribution in [1.29, 1.82) is 0 Å². The largest absolute Gasteiger partial charge is 0.485 e. The van der Waals surface area contributed by atoms with Gasteiger partial charge >= 0.3 is 0 Å². The van der Waals surface area contributed by atoms with Crippen molar-refractivity contribution in [2.24, 2.45) is 0 Å². The van der Waals surface area contributed by atoms with Gasteiger partial charge in [-0.25, -0.2) is 4.98 Å². The summed E-state index contributed by atoms with van der Waals surface area (Å²) in [5.74, 6) is 1.79. The second-order valence-corrected chi connectivity index (χ2v) is 4.71. The highest BCUT2D eigenvalue weighted by atomic mass is 79.9. The number of ether oxygens (including phenoxy) is 1. The van der Waals surface area contributed by atoms with E-state index < -0.39 is 0 Å². The molecule has 0 aliphatic carbocycles. The molecule has 0 radical (unpaired) electrons. The summed E-state index contributed by atoms with van der Waals surface area (Å²) < 4.78 is 8.80. The Balaban J connectivity index is 2.07. The lowest BCUT2D eigenvalue weighted by Gasteiger charge is -2.09. The molecule has 1 heterocycles. The molecule has 0 spiro atoms. The van der Waals surface area contributed by atoms with Crippen molar-refractivity contribution in [3.8, 4) is 5.75 Å². The zero-order chi connectivity index (χ0) is 12.3. The molecular formula is C13H15BrN2O. The molecule has 1 aromatic carbocycles. The maximum atomic E-state index is 5.75. The molecule has 90 valence electrons. The van der Waals surface area contributed by atoms with Gasteiger partial charge in [0.2, 0.25) is 0 Å². The Morgan fingerprint density at radius 1 is 1.41 bits per heavy atom. The zero-order valence-corrected chi connectivity index (χ0v) is 11.6. The molecule has 4 heteroatoms. The molecule has 0 amide bonds. The Labute approximate surface area is 110 Å². The maximum absolute atomic E-state index is 5.75. The number of halogens is 1. The molecule has 0 fully saturated rings. The van der Waals surface area contributed by atoms with Crippen LogP contribution in [-0.4, -0.2) is 9.55 Å². The minimum absolute atomic E-state index is 0.489. The second kappa shape index (κ2) is 5.36. The summed E-state index contributed by atoms with van der Waals surface area (Å²) >= 11 is 3.49. The van der Waals surface area contributed by atoms with Gasteiger partial charge in [0.1, 0.15) is 18.2 Å². The first kappa shape index (κ1) is 12.2. The predicted molar refractivity (Wildman–Crippen MR) is 71.1 cm³/mol. The van der Waals surface area contributed by atoms with Crippen molar-refractivity contribution in [1.82, 2.24) is 9.55 Å². The second-order valence-electron chi connectivity index (χ2n) is 3.85. The Hall–Kier alpha value is -1.29. The van der Waals surface area contributed by atoms with E-state index in [0.29, 0.717) is 6.61 Å². The zero-order valence-electron chi connectivity index (χ0n) is 9.98. The lowest BCUT2D eigenvalue weighted by molar-refractivity contribution is 0.288. The molecule has 0 N–H and O–H groups in total.